The summed E-state index contributed by atoms with van der Waals surface area (Å²) in [6, 6.07) is 17.9. The number of likely N-dealkylation sites (tertiary alicyclic amines) is 1. The SMILES string of the molecule is COc1ccc(C(=O)N2CCC(Cc3ccccc3)C2)cc1. The highest BCUT2D eigenvalue weighted by Crippen LogP contribution is 2.23. The maximum absolute atomic E-state index is 12.5. The van der Waals surface area contributed by atoms with E-state index in [9.17, 15) is 4.79 Å². The third kappa shape index (κ3) is 3.30. The molecule has 22 heavy (non-hydrogen) atoms. The van der Waals surface area contributed by atoms with Gasteiger partial charge in [-0.3, -0.25) is 4.79 Å². The molecule has 1 unspecified atom stereocenters. The Morgan fingerprint density at radius 1 is 1.14 bits per heavy atom. The summed E-state index contributed by atoms with van der Waals surface area (Å²) in [4.78, 5) is 14.5. The van der Waals surface area contributed by atoms with E-state index in [1.165, 1.54) is 5.56 Å². The third-order valence-corrected chi connectivity index (χ3v) is 4.28. The van der Waals surface area contributed by atoms with Crippen LogP contribution in [0.25, 0.3) is 0 Å². The highest BCUT2D eigenvalue weighted by molar-refractivity contribution is 5.94. The highest BCUT2D eigenvalue weighted by Gasteiger charge is 2.26. The summed E-state index contributed by atoms with van der Waals surface area (Å²) in [5.74, 6) is 1.46. The average Bonchev–Trinajstić information content (AvgIpc) is 3.04. The second-order valence-electron chi connectivity index (χ2n) is 5.82. The second-order valence-corrected chi connectivity index (χ2v) is 5.82. The molecule has 1 aliphatic heterocycles. The van der Waals surface area contributed by atoms with Crippen LogP contribution < -0.4 is 4.74 Å². The largest absolute Gasteiger partial charge is 0.497 e. The van der Waals surface area contributed by atoms with E-state index in [2.05, 4.69) is 24.3 Å². The van der Waals surface area contributed by atoms with Crippen LogP contribution in [0.1, 0.15) is 22.3 Å². The zero-order valence-corrected chi connectivity index (χ0v) is 12.9. The molecule has 0 radical (unpaired) electrons. The standard InChI is InChI=1S/C19H21NO2/c1-22-18-9-7-17(8-10-18)19(21)20-12-11-16(14-20)13-15-5-3-2-4-6-15/h2-10,16H,11-14H2,1H3. The minimum absolute atomic E-state index is 0.123. The Labute approximate surface area is 131 Å². The summed E-state index contributed by atoms with van der Waals surface area (Å²) in [6.07, 6.45) is 2.13. The number of hydrogen-bond donors (Lipinski definition) is 0. The number of carbonyl (C=O) groups excluding carboxylic acids is 1. The Morgan fingerprint density at radius 2 is 1.86 bits per heavy atom. The number of hydrogen-bond acceptors (Lipinski definition) is 2. The predicted molar refractivity (Wildman–Crippen MR) is 87.2 cm³/mol. The first-order valence-electron chi connectivity index (χ1n) is 7.73. The van der Waals surface area contributed by atoms with Crippen molar-refractivity contribution in [3.63, 3.8) is 0 Å². The number of amides is 1. The van der Waals surface area contributed by atoms with Crippen molar-refractivity contribution in [3.05, 3.63) is 65.7 Å². The monoisotopic (exact) mass is 295 g/mol. The normalized spacial score (nSPS) is 17.5. The van der Waals surface area contributed by atoms with Gasteiger partial charge in [0, 0.05) is 18.7 Å². The molecule has 1 atom stereocenters. The molecule has 3 heteroatoms. The van der Waals surface area contributed by atoms with Gasteiger partial charge >= 0.3 is 0 Å². The quantitative estimate of drug-likeness (QED) is 0.865. The average molecular weight is 295 g/mol. The molecule has 1 amide bonds. The van der Waals surface area contributed by atoms with Crippen molar-refractivity contribution in [1.82, 2.24) is 4.90 Å². The van der Waals surface area contributed by atoms with E-state index in [1.807, 2.05) is 35.2 Å². The van der Waals surface area contributed by atoms with Gasteiger partial charge in [0.25, 0.3) is 5.91 Å². The van der Waals surface area contributed by atoms with Crippen LogP contribution in [-0.2, 0) is 6.42 Å². The zero-order valence-electron chi connectivity index (χ0n) is 12.9. The zero-order chi connectivity index (χ0) is 15.4. The minimum atomic E-state index is 0.123. The molecule has 114 valence electrons. The molecule has 3 rings (SSSR count). The Morgan fingerprint density at radius 3 is 2.55 bits per heavy atom. The Kier molecular flexibility index (Phi) is 4.42. The van der Waals surface area contributed by atoms with Crippen molar-refractivity contribution in [2.75, 3.05) is 20.2 Å². The van der Waals surface area contributed by atoms with Crippen molar-refractivity contribution in [2.45, 2.75) is 12.8 Å². The summed E-state index contributed by atoms with van der Waals surface area (Å²) in [7, 11) is 1.63. The minimum Gasteiger partial charge on any atom is -0.497 e. The van der Waals surface area contributed by atoms with Crippen LogP contribution in [0.2, 0.25) is 0 Å². The summed E-state index contributed by atoms with van der Waals surface area (Å²) >= 11 is 0. The second kappa shape index (κ2) is 6.65. The van der Waals surface area contributed by atoms with Gasteiger partial charge < -0.3 is 9.64 Å². The van der Waals surface area contributed by atoms with Gasteiger partial charge in [-0.05, 0) is 48.6 Å². The predicted octanol–water partition coefficient (Wildman–Crippen LogP) is 3.40. The van der Waals surface area contributed by atoms with Gasteiger partial charge in [-0.15, -0.1) is 0 Å². The number of benzene rings is 2. The van der Waals surface area contributed by atoms with Gasteiger partial charge in [-0.1, -0.05) is 30.3 Å². The van der Waals surface area contributed by atoms with E-state index in [1.54, 1.807) is 7.11 Å². The summed E-state index contributed by atoms with van der Waals surface area (Å²) in [6.45, 7) is 1.70. The Balaban J connectivity index is 1.60. The van der Waals surface area contributed by atoms with Gasteiger partial charge in [-0.2, -0.15) is 0 Å². The van der Waals surface area contributed by atoms with Crippen molar-refractivity contribution in [3.8, 4) is 5.75 Å². The van der Waals surface area contributed by atoms with Gasteiger partial charge in [0.15, 0.2) is 0 Å². The molecule has 1 aliphatic rings. The number of ether oxygens (including phenoxy) is 1. The lowest BCUT2D eigenvalue weighted by atomic mass is 9.99. The lowest BCUT2D eigenvalue weighted by Crippen LogP contribution is -2.28. The molecule has 0 aliphatic carbocycles. The van der Waals surface area contributed by atoms with Gasteiger partial charge in [-0.25, -0.2) is 0 Å². The topological polar surface area (TPSA) is 29.5 Å². The van der Waals surface area contributed by atoms with Crippen LogP contribution in [0.15, 0.2) is 54.6 Å². The first-order valence-corrected chi connectivity index (χ1v) is 7.73. The molecule has 0 aromatic heterocycles. The summed E-state index contributed by atoms with van der Waals surface area (Å²) in [5.41, 5.74) is 2.09. The van der Waals surface area contributed by atoms with Gasteiger partial charge in [0.05, 0.1) is 7.11 Å². The molecule has 1 saturated heterocycles. The molecule has 1 fully saturated rings. The number of nitrogens with zero attached hydrogens (tertiary/aromatic N) is 1. The molecule has 2 aromatic rings. The fourth-order valence-corrected chi connectivity index (χ4v) is 3.05. The molecule has 1 heterocycles. The molecular weight excluding hydrogens is 274 g/mol. The molecule has 0 N–H and O–H groups in total. The fourth-order valence-electron chi connectivity index (χ4n) is 3.05. The number of carbonyl (C=O) groups is 1. The van der Waals surface area contributed by atoms with Crippen LogP contribution in [0.4, 0.5) is 0 Å². The van der Waals surface area contributed by atoms with Crippen molar-refractivity contribution in [2.24, 2.45) is 5.92 Å². The van der Waals surface area contributed by atoms with Crippen LogP contribution in [-0.4, -0.2) is 31.0 Å². The van der Waals surface area contributed by atoms with Crippen LogP contribution in [0.3, 0.4) is 0 Å². The molecule has 3 nitrogen and oxygen atoms in total. The number of methoxy groups -OCH3 is 1. The van der Waals surface area contributed by atoms with E-state index in [-0.39, 0.29) is 5.91 Å². The molecule has 0 bridgehead atoms. The van der Waals surface area contributed by atoms with Crippen molar-refractivity contribution in [1.29, 1.82) is 0 Å². The van der Waals surface area contributed by atoms with Crippen molar-refractivity contribution >= 4 is 5.91 Å². The van der Waals surface area contributed by atoms with E-state index >= 15 is 0 Å². The highest BCUT2D eigenvalue weighted by atomic mass is 16.5. The Hall–Kier alpha value is -2.29. The van der Waals surface area contributed by atoms with Gasteiger partial charge in [0.2, 0.25) is 0 Å². The molecule has 0 saturated carbocycles. The van der Waals surface area contributed by atoms with E-state index in [0.717, 1.165) is 37.2 Å². The molecular formula is C19H21NO2. The van der Waals surface area contributed by atoms with Crippen LogP contribution in [0, 0.1) is 5.92 Å². The Bertz CT molecular complexity index is 622. The van der Waals surface area contributed by atoms with Crippen LogP contribution in [0.5, 0.6) is 5.75 Å². The van der Waals surface area contributed by atoms with Crippen LogP contribution >= 0.6 is 0 Å². The first-order chi connectivity index (χ1) is 10.8. The maximum atomic E-state index is 12.5. The first kappa shape index (κ1) is 14.6. The summed E-state index contributed by atoms with van der Waals surface area (Å²) in [5, 5.41) is 0. The third-order valence-electron chi connectivity index (χ3n) is 4.28. The lowest BCUT2D eigenvalue weighted by Gasteiger charge is -2.17. The summed E-state index contributed by atoms with van der Waals surface area (Å²) < 4.78 is 5.13. The number of rotatable bonds is 4. The van der Waals surface area contributed by atoms with E-state index in [4.69, 9.17) is 4.74 Å². The van der Waals surface area contributed by atoms with E-state index in [0.29, 0.717) is 5.92 Å². The lowest BCUT2D eigenvalue weighted by molar-refractivity contribution is 0.0787. The molecule has 2 aromatic carbocycles. The van der Waals surface area contributed by atoms with Gasteiger partial charge in [0.1, 0.15) is 5.75 Å². The smallest absolute Gasteiger partial charge is 0.253 e. The fraction of sp³-hybridized carbons (Fsp3) is 0.316. The molecule has 0 spiro atoms. The van der Waals surface area contributed by atoms with E-state index < -0.39 is 0 Å². The maximum Gasteiger partial charge on any atom is 0.253 e. The van der Waals surface area contributed by atoms with Crippen molar-refractivity contribution < 1.29 is 9.53 Å².